The van der Waals surface area contributed by atoms with Gasteiger partial charge in [0.15, 0.2) is 0 Å². The number of nitrogens with one attached hydrogen (secondary N) is 1. The van der Waals surface area contributed by atoms with Gasteiger partial charge < -0.3 is 5.32 Å². The number of para-hydroxylation sites is 2. The number of hydrogen-bond acceptors (Lipinski definition) is 3. The monoisotopic (exact) mass is 404 g/mol. The number of nitro groups is 1. The zero-order chi connectivity index (χ0) is 21.2. The quantitative estimate of drug-likeness (QED) is 0.213. The van der Waals surface area contributed by atoms with Gasteiger partial charge >= 0.3 is 0 Å². The van der Waals surface area contributed by atoms with E-state index in [1.165, 1.54) is 11.3 Å². The Balaban J connectivity index is 1.57. The van der Waals surface area contributed by atoms with Gasteiger partial charge in [0.1, 0.15) is 5.69 Å². The van der Waals surface area contributed by atoms with Crippen molar-refractivity contribution in [3.05, 3.63) is 106 Å². The molecule has 5 nitrogen and oxygen atoms in total. The van der Waals surface area contributed by atoms with Crippen LogP contribution in [0.5, 0.6) is 0 Å². The predicted molar refractivity (Wildman–Crippen MR) is 123 cm³/mol. The van der Waals surface area contributed by atoms with Crippen molar-refractivity contribution in [2.45, 2.75) is 19.4 Å². The predicted octanol–water partition coefficient (Wildman–Crippen LogP) is 4.95. The van der Waals surface area contributed by atoms with Crippen molar-refractivity contribution < 1.29 is 4.92 Å². The third-order valence-corrected chi connectivity index (χ3v) is 5.63. The fourth-order valence-electron chi connectivity index (χ4n) is 3.79. The van der Waals surface area contributed by atoms with Crippen LogP contribution in [0.2, 0.25) is 0 Å². The molecule has 0 aliphatic carbocycles. The molecule has 0 bridgehead atoms. The summed E-state index contributed by atoms with van der Waals surface area (Å²) < 4.78 is 0.864. The lowest BCUT2D eigenvalue weighted by molar-refractivity contribution is -0.385. The molecule has 0 aliphatic heterocycles. The lowest BCUT2D eigenvalue weighted by atomic mass is 10.1. The summed E-state index contributed by atoms with van der Waals surface area (Å²) in [6.07, 6.45) is 2.01. The molecule has 156 valence electrons. The van der Waals surface area contributed by atoms with Crippen LogP contribution in [0.15, 0.2) is 84.9 Å². The molecule has 30 heavy (non-hydrogen) atoms. The highest BCUT2D eigenvalue weighted by Crippen LogP contribution is 2.22. The Morgan fingerprint density at radius 1 is 0.867 bits per heavy atom. The summed E-state index contributed by atoms with van der Waals surface area (Å²) in [6.45, 7) is 3.35. The van der Waals surface area contributed by atoms with E-state index in [0.717, 1.165) is 42.5 Å². The van der Waals surface area contributed by atoms with E-state index >= 15 is 0 Å². The minimum Gasteiger partial charge on any atom is -0.312 e. The van der Waals surface area contributed by atoms with Crippen molar-refractivity contribution in [2.75, 3.05) is 26.7 Å². The molecule has 1 atom stereocenters. The molecule has 3 aromatic carbocycles. The molecule has 0 amide bonds. The minimum atomic E-state index is -0.316. The number of benzene rings is 3. The highest BCUT2D eigenvalue weighted by Gasteiger charge is 2.24. The lowest BCUT2D eigenvalue weighted by Crippen LogP contribution is -2.48. The Morgan fingerprint density at radius 2 is 1.50 bits per heavy atom. The number of nitro benzene ring substituents is 1. The van der Waals surface area contributed by atoms with Gasteiger partial charge in [-0.1, -0.05) is 66.7 Å². The van der Waals surface area contributed by atoms with Crippen molar-refractivity contribution in [3.63, 3.8) is 0 Å². The largest absolute Gasteiger partial charge is 0.312 e. The van der Waals surface area contributed by atoms with Crippen LogP contribution in [-0.2, 0) is 13.0 Å². The molecule has 0 saturated carbocycles. The molecule has 3 rings (SSSR count). The number of nitrogens with zero attached hydrogens (tertiary/aromatic N) is 2. The Morgan fingerprint density at radius 3 is 2.20 bits per heavy atom. The normalized spacial score (nSPS) is 13.0. The first kappa shape index (κ1) is 21.7. The summed E-state index contributed by atoms with van der Waals surface area (Å²) >= 11 is 0. The van der Waals surface area contributed by atoms with Gasteiger partial charge in [-0.15, -0.1) is 0 Å². The molecular weight excluding hydrogens is 374 g/mol. The van der Waals surface area contributed by atoms with Gasteiger partial charge in [-0.3, -0.25) is 14.6 Å². The Labute approximate surface area is 178 Å². The molecule has 1 N–H and O–H groups in total. The number of rotatable bonds is 11. The number of likely N-dealkylation sites (N-methyl/N-ethyl adjacent to an activating group) is 1. The first-order chi connectivity index (χ1) is 14.6. The van der Waals surface area contributed by atoms with E-state index in [0.29, 0.717) is 6.54 Å². The second kappa shape index (κ2) is 10.7. The smallest absolute Gasteiger partial charge is 0.273 e. The van der Waals surface area contributed by atoms with Crippen LogP contribution in [0.3, 0.4) is 0 Å². The van der Waals surface area contributed by atoms with Crippen molar-refractivity contribution >= 4 is 11.4 Å². The fourth-order valence-corrected chi connectivity index (χ4v) is 3.79. The highest BCUT2D eigenvalue weighted by molar-refractivity contribution is 5.42. The van der Waals surface area contributed by atoms with Gasteiger partial charge in [0.25, 0.3) is 5.69 Å². The molecule has 3 aromatic rings. The number of hydrogen-bond donors (Lipinski definition) is 1. The molecule has 1 unspecified atom stereocenters. The molecule has 5 heteroatoms. The summed E-state index contributed by atoms with van der Waals surface area (Å²) in [5.74, 6) is 0. The average molecular weight is 405 g/mol. The highest BCUT2D eigenvalue weighted by atomic mass is 16.6. The Bertz CT molecular complexity index is 931. The zero-order valence-electron chi connectivity index (χ0n) is 17.5. The van der Waals surface area contributed by atoms with E-state index < -0.39 is 0 Å². The first-order valence-electron chi connectivity index (χ1n) is 10.5. The standard InChI is InChI=1S/C25H30N3O2/c1-28(24-14-6-3-7-15-24,20-17-22-11-4-2-5-12-22)19-10-18-26-21-23-13-8-9-16-25(23)27(29)30/h2-9,11-16,26H,10,17-21H2,1H3/q+1. The average Bonchev–Trinajstić information content (AvgIpc) is 2.79. The summed E-state index contributed by atoms with van der Waals surface area (Å²) in [5.41, 5.74) is 3.57. The summed E-state index contributed by atoms with van der Waals surface area (Å²) in [7, 11) is 2.29. The van der Waals surface area contributed by atoms with E-state index in [9.17, 15) is 10.1 Å². The third-order valence-electron chi connectivity index (χ3n) is 5.63. The Hall–Kier alpha value is -3.02. The van der Waals surface area contributed by atoms with Crippen molar-refractivity contribution in [2.24, 2.45) is 0 Å². The van der Waals surface area contributed by atoms with Gasteiger partial charge in [-0.2, -0.15) is 0 Å². The Kier molecular flexibility index (Phi) is 7.71. The molecule has 0 heterocycles. The van der Waals surface area contributed by atoms with Crippen LogP contribution in [-0.4, -0.2) is 31.6 Å². The SMILES string of the molecule is C[N+](CCCNCc1ccccc1[N+](=O)[O-])(CCc1ccccc1)c1ccccc1. The minimum absolute atomic E-state index is 0.178. The summed E-state index contributed by atoms with van der Waals surface area (Å²) in [4.78, 5) is 10.8. The maximum absolute atomic E-state index is 11.2. The molecule has 0 aliphatic rings. The lowest BCUT2D eigenvalue weighted by Gasteiger charge is -2.34. The van der Waals surface area contributed by atoms with Crippen LogP contribution in [0, 0.1) is 10.1 Å². The zero-order valence-corrected chi connectivity index (χ0v) is 17.5. The van der Waals surface area contributed by atoms with Crippen LogP contribution in [0.1, 0.15) is 17.5 Å². The molecule has 0 radical (unpaired) electrons. The molecule has 0 saturated heterocycles. The van der Waals surface area contributed by atoms with Gasteiger partial charge in [-0.05, 0) is 17.7 Å². The third kappa shape index (κ3) is 5.99. The van der Waals surface area contributed by atoms with E-state index in [2.05, 4.69) is 73.0 Å². The van der Waals surface area contributed by atoms with E-state index in [1.54, 1.807) is 12.1 Å². The van der Waals surface area contributed by atoms with Crippen LogP contribution in [0.25, 0.3) is 0 Å². The van der Waals surface area contributed by atoms with E-state index in [1.807, 2.05) is 12.1 Å². The van der Waals surface area contributed by atoms with E-state index in [4.69, 9.17) is 0 Å². The maximum Gasteiger partial charge on any atom is 0.273 e. The van der Waals surface area contributed by atoms with Gasteiger partial charge in [0, 0.05) is 37.6 Å². The molecule has 0 aromatic heterocycles. The van der Waals surface area contributed by atoms with Crippen molar-refractivity contribution in [1.82, 2.24) is 9.80 Å². The van der Waals surface area contributed by atoms with Crippen LogP contribution >= 0.6 is 0 Å². The fraction of sp³-hybridized carbons (Fsp3) is 0.280. The summed E-state index contributed by atoms with van der Waals surface area (Å²) in [6, 6.07) is 28.2. The summed E-state index contributed by atoms with van der Waals surface area (Å²) in [5, 5.41) is 14.5. The second-order valence-corrected chi connectivity index (χ2v) is 7.83. The van der Waals surface area contributed by atoms with Gasteiger partial charge in [-0.25, -0.2) is 0 Å². The second-order valence-electron chi connectivity index (χ2n) is 7.83. The first-order valence-corrected chi connectivity index (χ1v) is 10.5. The molecule has 0 spiro atoms. The van der Waals surface area contributed by atoms with Crippen LogP contribution in [0.4, 0.5) is 11.4 Å². The topological polar surface area (TPSA) is 55.2 Å². The number of quaternary nitrogens is 1. The van der Waals surface area contributed by atoms with Crippen molar-refractivity contribution in [3.8, 4) is 0 Å². The molecule has 0 fully saturated rings. The van der Waals surface area contributed by atoms with Gasteiger partial charge in [0.2, 0.25) is 0 Å². The maximum atomic E-state index is 11.2. The van der Waals surface area contributed by atoms with Crippen molar-refractivity contribution in [1.29, 1.82) is 0 Å². The van der Waals surface area contributed by atoms with E-state index in [-0.39, 0.29) is 10.6 Å². The van der Waals surface area contributed by atoms with Crippen LogP contribution < -0.4 is 9.80 Å². The molecular formula is C25H30N3O2+. The van der Waals surface area contributed by atoms with Gasteiger partial charge in [0.05, 0.1) is 25.1 Å².